The Hall–Kier alpha value is -1.63. The number of carbonyl (C=O) groups is 1. The van der Waals surface area contributed by atoms with Gasteiger partial charge in [0.15, 0.2) is 0 Å². The Morgan fingerprint density at radius 3 is 2.85 bits per heavy atom. The summed E-state index contributed by atoms with van der Waals surface area (Å²) in [6.07, 6.45) is 5.41. The van der Waals surface area contributed by atoms with Gasteiger partial charge >= 0.3 is 0 Å². The van der Waals surface area contributed by atoms with E-state index in [1.54, 1.807) is 6.07 Å². The third kappa shape index (κ3) is 1.84. The molecular weight excluding hydrogens is 342 g/mol. The SMILES string of the molecule is NC(=O)c1ccc2c3c1O[C@H]1[C@H](N)CC[C@@]4(O)[C@@H](C2)N(CC2CC2)CC[C@]314. The van der Waals surface area contributed by atoms with Gasteiger partial charge in [-0.3, -0.25) is 9.69 Å². The van der Waals surface area contributed by atoms with Crippen LogP contribution in [0.5, 0.6) is 5.75 Å². The van der Waals surface area contributed by atoms with E-state index in [-0.39, 0.29) is 18.2 Å². The van der Waals surface area contributed by atoms with E-state index in [1.165, 1.54) is 18.4 Å². The molecule has 1 saturated heterocycles. The van der Waals surface area contributed by atoms with Crippen LogP contribution in [0.1, 0.15) is 53.6 Å². The summed E-state index contributed by atoms with van der Waals surface area (Å²) in [5.41, 5.74) is 13.4. The Bertz CT molecular complexity index is 853. The Balaban J connectivity index is 1.57. The van der Waals surface area contributed by atoms with Crippen LogP contribution >= 0.6 is 0 Å². The number of hydrogen-bond acceptors (Lipinski definition) is 5. The Kier molecular flexibility index (Phi) is 3.05. The highest BCUT2D eigenvalue weighted by atomic mass is 16.5. The number of nitrogens with two attached hydrogens (primary N) is 2. The zero-order chi connectivity index (χ0) is 18.6. The normalized spacial score (nSPS) is 41.8. The predicted octanol–water partition coefficient (Wildman–Crippen LogP) is 0.677. The zero-order valence-corrected chi connectivity index (χ0v) is 15.5. The number of ether oxygens (including phenoxy) is 1. The molecule has 6 heteroatoms. The quantitative estimate of drug-likeness (QED) is 0.727. The van der Waals surface area contributed by atoms with Gasteiger partial charge < -0.3 is 21.3 Å². The first-order chi connectivity index (χ1) is 13.0. The molecule has 1 aromatic carbocycles. The molecule has 27 heavy (non-hydrogen) atoms. The Labute approximate surface area is 158 Å². The molecule has 0 aromatic heterocycles. The number of likely N-dealkylation sites (tertiary alicyclic amines) is 1. The highest BCUT2D eigenvalue weighted by Gasteiger charge is 2.72. The number of benzene rings is 1. The van der Waals surface area contributed by atoms with Crippen molar-refractivity contribution in [1.29, 1.82) is 0 Å². The largest absolute Gasteiger partial charge is 0.487 e. The molecule has 5 N–H and O–H groups in total. The van der Waals surface area contributed by atoms with Crippen LogP contribution in [0.2, 0.25) is 0 Å². The molecule has 5 atom stereocenters. The van der Waals surface area contributed by atoms with Gasteiger partial charge in [0.25, 0.3) is 5.91 Å². The summed E-state index contributed by atoms with van der Waals surface area (Å²) in [5.74, 6) is 0.904. The minimum atomic E-state index is -0.852. The summed E-state index contributed by atoms with van der Waals surface area (Å²) >= 11 is 0. The van der Waals surface area contributed by atoms with Crippen molar-refractivity contribution in [3.8, 4) is 5.75 Å². The van der Waals surface area contributed by atoms with E-state index in [4.69, 9.17) is 16.2 Å². The van der Waals surface area contributed by atoms with E-state index in [2.05, 4.69) is 4.90 Å². The number of amides is 1. The highest BCUT2D eigenvalue weighted by molar-refractivity contribution is 5.97. The van der Waals surface area contributed by atoms with Crippen molar-refractivity contribution < 1.29 is 14.6 Å². The summed E-state index contributed by atoms with van der Waals surface area (Å²) in [6, 6.07) is 3.78. The van der Waals surface area contributed by atoms with Crippen molar-refractivity contribution in [3.05, 3.63) is 28.8 Å². The number of hydrogen-bond donors (Lipinski definition) is 3. The summed E-state index contributed by atoms with van der Waals surface area (Å²) in [6.45, 7) is 2.04. The second-order valence-corrected chi connectivity index (χ2v) is 9.39. The first-order valence-corrected chi connectivity index (χ1v) is 10.3. The van der Waals surface area contributed by atoms with Crippen LogP contribution in [0.3, 0.4) is 0 Å². The molecule has 5 aliphatic rings. The molecule has 1 aromatic rings. The van der Waals surface area contributed by atoms with Crippen LogP contribution in [-0.4, -0.2) is 52.8 Å². The van der Waals surface area contributed by atoms with Crippen LogP contribution in [-0.2, 0) is 11.8 Å². The fourth-order valence-corrected chi connectivity index (χ4v) is 6.73. The maximum atomic E-state index is 12.2. The lowest BCUT2D eigenvalue weighted by Gasteiger charge is -2.64. The summed E-state index contributed by atoms with van der Waals surface area (Å²) in [7, 11) is 0. The van der Waals surface area contributed by atoms with Gasteiger partial charge in [0.1, 0.15) is 11.9 Å². The molecule has 2 aliphatic heterocycles. The van der Waals surface area contributed by atoms with Gasteiger partial charge in [-0.15, -0.1) is 0 Å². The Morgan fingerprint density at radius 2 is 2.11 bits per heavy atom. The second kappa shape index (κ2) is 5.04. The fraction of sp³-hybridized carbons (Fsp3) is 0.667. The molecule has 0 radical (unpaired) electrons. The number of rotatable bonds is 3. The molecule has 2 bridgehead atoms. The number of aliphatic hydroxyl groups is 1. The molecule has 6 rings (SSSR count). The van der Waals surface area contributed by atoms with E-state index in [0.717, 1.165) is 43.8 Å². The first kappa shape index (κ1) is 16.3. The third-order valence-electron chi connectivity index (χ3n) is 8.09. The highest BCUT2D eigenvalue weighted by Crippen LogP contribution is 2.64. The average molecular weight is 369 g/mol. The first-order valence-electron chi connectivity index (χ1n) is 10.3. The number of piperidine rings is 1. The van der Waals surface area contributed by atoms with Crippen LogP contribution in [0.15, 0.2) is 12.1 Å². The monoisotopic (exact) mass is 369 g/mol. The van der Waals surface area contributed by atoms with E-state index < -0.39 is 16.9 Å². The molecule has 0 unspecified atom stereocenters. The van der Waals surface area contributed by atoms with Gasteiger partial charge in [0.05, 0.1) is 16.6 Å². The molecule has 6 nitrogen and oxygen atoms in total. The Morgan fingerprint density at radius 1 is 1.30 bits per heavy atom. The van der Waals surface area contributed by atoms with Gasteiger partial charge in [-0.25, -0.2) is 0 Å². The van der Waals surface area contributed by atoms with Gasteiger partial charge in [0.2, 0.25) is 0 Å². The smallest absolute Gasteiger partial charge is 0.252 e. The number of primary amides is 1. The summed E-state index contributed by atoms with van der Waals surface area (Å²) in [5, 5.41) is 12.2. The van der Waals surface area contributed by atoms with Crippen molar-refractivity contribution >= 4 is 5.91 Å². The second-order valence-electron chi connectivity index (χ2n) is 9.39. The maximum absolute atomic E-state index is 12.2. The van der Waals surface area contributed by atoms with Gasteiger partial charge in [-0.1, -0.05) is 6.07 Å². The van der Waals surface area contributed by atoms with Gasteiger partial charge in [-0.05, 0) is 62.6 Å². The van der Waals surface area contributed by atoms with E-state index in [9.17, 15) is 9.90 Å². The topological polar surface area (TPSA) is 102 Å². The molecular formula is C21H27N3O3. The predicted molar refractivity (Wildman–Crippen MR) is 99.6 cm³/mol. The van der Waals surface area contributed by atoms with Crippen LogP contribution in [0.25, 0.3) is 0 Å². The summed E-state index contributed by atoms with van der Waals surface area (Å²) in [4.78, 5) is 14.6. The lowest BCUT2D eigenvalue weighted by Crippen LogP contribution is -2.77. The minimum absolute atomic E-state index is 0.100. The lowest BCUT2D eigenvalue weighted by atomic mass is 9.48. The van der Waals surface area contributed by atoms with E-state index in [1.807, 2.05) is 6.07 Å². The average Bonchev–Trinajstić information content (AvgIpc) is 3.37. The van der Waals surface area contributed by atoms with Crippen LogP contribution in [0.4, 0.5) is 0 Å². The van der Waals surface area contributed by atoms with Crippen molar-refractivity contribution in [3.63, 3.8) is 0 Å². The van der Waals surface area contributed by atoms with Crippen molar-refractivity contribution in [2.24, 2.45) is 17.4 Å². The standard InChI is InChI=1S/C21H27N3O3/c22-14-5-6-21(26)15-9-12-3-4-13(19(23)25)17-16(12)20(21,18(14)27-17)7-8-24(15)10-11-1-2-11/h3-4,11,14-15,18,26H,1-2,5-10,22H2,(H2,23,25)/t14-,15-,18+,20+,21-/m1/s1. The van der Waals surface area contributed by atoms with Gasteiger partial charge in [0, 0.05) is 24.2 Å². The molecule has 2 saturated carbocycles. The van der Waals surface area contributed by atoms with Crippen LogP contribution < -0.4 is 16.2 Å². The lowest BCUT2D eigenvalue weighted by molar-refractivity contribution is -0.189. The van der Waals surface area contributed by atoms with E-state index in [0.29, 0.717) is 17.7 Å². The molecule has 1 amide bonds. The number of carbonyl (C=O) groups excluding carboxylic acids is 1. The maximum Gasteiger partial charge on any atom is 0.252 e. The zero-order valence-electron chi connectivity index (χ0n) is 15.5. The van der Waals surface area contributed by atoms with Crippen molar-refractivity contribution in [1.82, 2.24) is 4.90 Å². The van der Waals surface area contributed by atoms with Crippen LogP contribution in [0, 0.1) is 5.92 Å². The van der Waals surface area contributed by atoms with Crippen molar-refractivity contribution in [2.75, 3.05) is 13.1 Å². The fourth-order valence-electron chi connectivity index (χ4n) is 6.73. The molecule has 144 valence electrons. The molecule has 3 fully saturated rings. The van der Waals surface area contributed by atoms with E-state index >= 15 is 0 Å². The molecule has 2 heterocycles. The molecule has 3 aliphatic carbocycles. The molecule has 1 spiro atoms. The van der Waals surface area contributed by atoms with Crippen molar-refractivity contribution in [2.45, 2.75) is 67.7 Å². The summed E-state index contributed by atoms with van der Waals surface area (Å²) < 4.78 is 6.37. The third-order valence-corrected chi connectivity index (χ3v) is 8.09. The minimum Gasteiger partial charge on any atom is -0.487 e. The number of nitrogens with zero attached hydrogens (tertiary/aromatic N) is 1. The van der Waals surface area contributed by atoms with Gasteiger partial charge in [-0.2, -0.15) is 0 Å².